The average molecular weight is 299 g/mol. The zero-order chi connectivity index (χ0) is 15.7. The Morgan fingerprint density at radius 3 is 2.71 bits per heavy atom. The van der Waals surface area contributed by atoms with E-state index in [4.69, 9.17) is 4.74 Å². The standard InChI is InChI=1S/C18H38N2O/c1-6-11-19-14-18(10-8-9-16(3)12-18)15-20(7-2)17(4)13-21-5/h16-17,19H,6-15H2,1-5H3. The molecule has 0 aromatic heterocycles. The van der Waals surface area contributed by atoms with Gasteiger partial charge >= 0.3 is 0 Å². The lowest BCUT2D eigenvalue weighted by Crippen LogP contribution is -2.50. The summed E-state index contributed by atoms with van der Waals surface area (Å²) in [5.41, 5.74) is 0.463. The van der Waals surface area contributed by atoms with Gasteiger partial charge in [0, 0.05) is 26.2 Å². The van der Waals surface area contributed by atoms with Crippen LogP contribution >= 0.6 is 0 Å². The van der Waals surface area contributed by atoms with E-state index in [-0.39, 0.29) is 0 Å². The van der Waals surface area contributed by atoms with E-state index in [0.29, 0.717) is 11.5 Å². The van der Waals surface area contributed by atoms with Gasteiger partial charge in [0.15, 0.2) is 0 Å². The van der Waals surface area contributed by atoms with Gasteiger partial charge in [-0.2, -0.15) is 0 Å². The van der Waals surface area contributed by atoms with Gasteiger partial charge in [0.05, 0.1) is 6.61 Å². The van der Waals surface area contributed by atoms with Crippen LogP contribution in [0.25, 0.3) is 0 Å². The number of hydrogen-bond acceptors (Lipinski definition) is 3. The Bertz CT molecular complexity index is 272. The fourth-order valence-electron chi connectivity index (χ4n) is 4.02. The predicted molar refractivity (Wildman–Crippen MR) is 91.8 cm³/mol. The molecule has 3 nitrogen and oxygen atoms in total. The molecule has 0 bridgehead atoms. The third-order valence-corrected chi connectivity index (χ3v) is 5.09. The van der Waals surface area contributed by atoms with Crippen LogP contribution in [0.4, 0.5) is 0 Å². The fourth-order valence-corrected chi connectivity index (χ4v) is 4.02. The first-order chi connectivity index (χ1) is 10.1. The molecule has 1 aliphatic rings. The van der Waals surface area contributed by atoms with Crippen molar-refractivity contribution in [2.24, 2.45) is 11.3 Å². The summed E-state index contributed by atoms with van der Waals surface area (Å²) in [6.07, 6.45) is 6.79. The van der Waals surface area contributed by atoms with E-state index >= 15 is 0 Å². The number of ether oxygens (including phenoxy) is 1. The van der Waals surface area contributed by atoms with E-state index in [0.717, 1.165) is 25.6 Å². The normalized spacial score (nSPS) is 28.0. The van der Waals surface area contributed by atoms with E-state index in [1.54, 1.807) is 0 Å². The van der Waals surface area contributed by atoms with Gasteiger partial charge in [0.1, 0.15) is 0 Å². The van der Waals surface area contributed by atoms with Crippen LogP contribution < -0.4 is 5.32 Å². The monoisotopic (exact) mass is 298 g/mol. The Labute approximate surface area is 132 Å². The Balaban J connectivity index is 2.69. The van der Waals surface area contributed by atoms with Crippen LogP contribution in [0.5, 0.6) is 0 Å². The number of likely N-dealkylation sites (N-methyl/N-ethyl adjacent to an activating group) is 1. The van der Waals surface area contributed by atoms with Crippen LogP contribution in [0.3, 0.4) is 0 Å². The first-order valence-electron chi connectivity index (χ1n) is 9.00. The van der Waals surface area contributed by atoms with Crippen molar-refractivity contribution in [1.29, 1.82) is 0 Å². The van der Waals surface area contributed by atoms with Gasteiger partial charge in [-0.3, -0.25) is 4.90 Å². The molecule has 0 amide bonds. The summed E-state index contributed by atoms with van der Waals surface area (Å²) in [4.78, 5) is 2.62. The molecule has 1 aliphatic carbocycles. The van der Waals surface area contributed by atoms with Gasteiger partial charge < -0.3 is 10.1 Å². The molecule has 0 aromatic rings. The van der Waals surface area contributed by atoms with E-state index in [9.17, 15) is 0 Å². The van der Waals surface area contributed by atoms with Gasteiger partial charge in [0.25, 0.3) is 0 Å². The second-order valence-electron chi connectivity index (χ2n) is 7.25. The maximum absolute atomic E-state index is 5.37. The van der Waals surface area contributed by atoms with E-state index < -0.39 is 0 Å². The molecule has 0 saturated heterocycles. The van der Waals surface area contributed by atoms with Crippen molar-refractivity contribution in [3.05, 3.63) is 0 Å². The molecule has 1 N–H and O–H groups in total. The van der Waals surface area contributed by atoms with Crippen LogP contribution in [0, 0.1) is 11.3 Å². The number of hydrogen-bond donors (Lipinski definition) is 1. The third kappa shape index (κ3) is 6.25. The molecule has 3 heteroatoms. The first kappa shape index (κ1) is 18.9. The summed E-state index contributed by atoms with van der Waals surface area (Å²) in [6.45, 7) is 14.8. The Morgan fingerprint density at radius 2 is 2.14 bits per heavy atom. The van der Waals surface area contributed by atoms with Crippen molar-refractivity contribution in [3.8, 4) is 0 Å². The average Bonchev–Trinajstić information content (AvgIpc) is 2.45. The van der Waals surface area contributed by atoms with Crippen LogP contribution in [0.2, 0.25) is 0 Å². The number of nitrogens with zero attached hydrogens (tertiary/aromatic N) is 1. The second kappa shape index (κ2) is 9.81. The summed E-state index contributed by atoms with van der Waals surface area (Å²) in [5.74, 6) is 0.874. The Kier molecular flexibility index (Phi) is 8.84. The molecule has 21 heavy (non-hydrogen) atoms. The highest BCUT2D eigenvalue weighted by Gasteiger charge is 2.36. The minimum atomic E-state index is 0.463. The van der Waals surface area contributed by atoms with Crippen molar-refractivity contribution in [2.75, 3.05) is 39.9 Å². The lowest BCUT2D eigenvalue weighted by Gasteiger charge is -2.45. The van der Waals surface area contributed by atoms with Crippen molar-refractivity contribution >= 4 is 0 Å². The van der Waals surface area contributed by atoms with Crippen LogP contribution in [-0.2, 0) is 4.74 Å². The zero-order valence-corrected chi connectivity index (χ0v) is 15.1. The Morgan fingerprint density at radius 1 is 1.38 bits per heavy atom. The highest BCUT2D eigenvalue weighted by molar-refractivity contribution is 4.90. The summed E-state index contributed by atoms with van der Waals surface area (Å²) in [7, 11) is 1.81. The summed E-state index contributed by atoms with van der Waals surface area (Å²) < 4.78 is 5.37. The molecule has 1 saturated carbocycles. The van der Waals surface area contributed by atoms with Crippen molar-refractivity contribution in [1.82, 2.24) is 10.2 Å². The van der Waals surface area contributed by atoms with Gasteiger partial charge in [-0.05, 0) is 50.6 Å². The molecule has 126 valence electrons. The maximum Gasteiger partial charge on any atom is 0.0615 e. The SMILES string of the molecule is CCCNCC1(CN(CC)C(C)COC)CCCC(C)C1. The number of rotatable bonds is 10. The highest BCUT2D eigenvalue weighted by atomic mass is 16.5. The summed E-state index contributed by atoms with van der Waals surface area (Å²) in [6, 6.07) is 0.514. The lowest BCUT2D eigenvalue weighted by molar-refractivity contribution is 0.0378. The molecule has 0 radical (unpaired) electrons. The molecule has 0 aliphatic heterocycles. The summed E-state index contributed by atoms with van der Waals surface area (Å²) >= 11 is 0. The molecule has 0 aromatic carbocycles. The molecule has 1 fully saturated rings. The molecule has 3 unspecified atom stereocenters. The van der Waals surface area contributed by atoms with Crippen LogP contribution in [0.15, 0.2) is 0 Å². The van der Waals surface area contributed by atoms with E-state index in [2.05, 4.69) is 37.9 Å². The minimum absolute atomic E-state index is 0.463. The van der Waals surface area contributed by atoms with Crippen molar-refractivity contribution < 1.29 is 4.74 Å². The molecule has 1 rings (SSSR count). The van der Waals surface area contributed by atoms with Gasteiger partial charge in [-0.25, -0.2) is 0 Å². The third-order valence-electron chi connectivity index (χ3n) is 5.09. The predicted octanol–water partition coefficient (Wildman–Crippen LogP) is 3.54. The van der Waals surface area contributed by atoms with Gasteiger partial charge in [0.2, 0.25) is 0 Å². The maximum atomic E-state index is 5.37. The van der Waals surface area contributed by atoms with Crippen LogP contribution in [-0.4, -0.2) is 50.8 Å². The fraction of sp³-hybridized carbons (Fsp3) is 1.00. The van der Waals surface area contributed by atoms with E-state index in [1.807, 2.05) is 7.11 Å². The Hall–Kier alpha value is -0.120. The van der Waals surface area contributed by atoms with Gasteiger partial charge in [-0.1, -0.05) is 33.6 Å². The number of nitrogens with one attached hydrogen (secondary N) is 1. The molecule has 0 heterocycles. The number of methoxy groups -OCH3 is 1. The molecular weight excluding hydrogens is 260 g/mol. The summed E-state index contributed by atoms with van der Waals surface area (Å²) in [5, 5.41) is 3.71. The smallest absolute Gasteiger partial charge is 0.0615 e. The first-order valence-corrected chi connectivity index (χ1v) is 9.00. The van der Waals surface area contributed by atoms with Crippen LogP contribution in [0.1, 0.15) is 59.8 Å². The van der Waals surface area contributed by atoms with E-state index in [1.165, 1.54) is 45.2 Å². The second-order valence-corrected chi connectivity index (χ2v) is 7.25. The quantitative estimate of drug-likeness (QED) is 0.624. The largest absolute Gasteiger partial charge is 0.383 e. The van der Waals surface area contributed by atoms with Gasteiger partial charge in [-0.15, -0.1) is 0 Å². The lowest BCUT2D eigenvalue weighted by atomic mass is 9.69. The van der Waals surface area contributed by atoms with Crippen molar-refractivity contribution in [3.63, 3.8) is 0 Å². The molecule has 0 spiro atoms. The topological polar surface area (TPSA) is 24.5 Å². The zero-order valence-electron chi connectivity index (χ0n) is 15.1. The molecular formula is C18H38N2O. The molecule has 3 atom stereocenters. The minimum Gasteiger partial charge on any atom is -0.383 e. The van der Waals surface area contributed by atoms with Crippen molar-refractivity contribution in [2.45, 2.75) is 65.8 Å². The highest BCUT2D eigenvalue weighted by Crippen LogP contribution is 2.40.